The molecule has 0 bridgehead atoms. The molecule has 63 heavy (non-hydrogen) atoms. The molecule has 0 aliphatic carbocycles. The van der Waals surface area contributed by atoms with E-state index in [0.29, 0.717) is 61.6 Å². The number of imidazole rings is 1. The summed E-state index contributed by atoms with van der Waals surface area (Å²) in [6.07, 6.45) is 1.51. The van der Waals surface area contributed by atoms with E-state index < -0.39 is 48.9 Å². The predicted octanol–water partition coefficient (Wildman–Crippen LogP) is 15.1. The Bertz CT molecular complexity index is 3540. The summed E-state index contributed by atoms with van der Waals surface area (Å²) in [5.74, 6) is 0.352. The zero-order chi connectivity index (χ0) is 51.8. The number of aromatic hydroxyl groups is 1. The van der Waals surface area contributed by atoms with Gasteiger partial charge in [0.15, 0.2) is 0 Å². The molecule has 0 aliphatic rings. The maximum atomic E-state index is 11.6. The van der Waals surface area contributed by atoms with Crippen LogP contribution in [0.15, 0.2) is 164 Å². The van der Waals surface area contributed by atoms with E-state index in [-0.39, 0.29) is 43.4 Å². The van der Waals surface area contributed by atoms with Crippen molar-refractivity contribution in [1.29, 1.82) is 0 Å². The summed E-state index contributed by atoms with van der Waals surface area (Å²) >= 11 is 0. The minimum absolute atomic E-state index is 0. The first-order valence-electron chi connectivity index (χ1n) is 25.6. The van der Waals surface area contributed by atoms with Crippen molar-refractivity contribution in [3.8, 4) is 78.6 Å². The molecule has 4 nitrogen and oxygen atoms in total. The van der Waals surface area contributed by atoms with E-state index in [2.05, 4.69) is 47.6 Å². The van der Waals surface area contributed by atoms with Crippen LogP contribution in [0.2, 0.25) is 0 Å². The van der Waals surface area contributed by atoms with Gasteiger partial charge < -0.3 is 5.11 Å². The van der Waals surface area contributed by atoms with Crippen LogP contribution in [0.25, 0.3) is 83.9 Å². The molecule has 0 atom stereocenters. The largest absolute Gasteiger partial charge is 0.507 e. The molecule has 0 saturated heterocycles. The predicted molar refractivity (Wildman–Crippen MR) is 259 cm³/mol. The van der Waals surface area contributed by atoms with Gasteiger partial charge in [-0.1, -0.05) is 167 Å². The van der Waals surface area contributed by atoms with Gasteiger partial charge in [0.05, 0.1) is 27.8 Å². The summed E-state index contributed by atoms with van der Waals surface area (Å²) in [5.41, 5.74) is 8.64. The number of benzene rings is 7. The molecule has 2 aromatic heterocycles. The number of nitrogens with zero attached hydrogens (tertiary/aromatic N) is 3. The van der Waals surface area contributed by atoms with E-state index in [0.717, 1.165) is 27.8 Å². The van der Waals surface area contributed by atoms with Gasteiger partial charge in [-0.25, -0.2) is 4.98 Å². The standard InChI is InChI=1S/C58H52N3O.Pt/c1-37-21-23-39(24-22-37)42-29-30-59-51(35-42)44-32-43(33-46(34-44)58(6,7)8)47-18-14-19-52-55(47)60-56(48-17-12-13-20-54(48)62)61(52)53-31-38(2)49(36-50(53)40-15-10-9-11-16-40)41-25-27-45(28-26-41)57(3,4)5;/h9-31,33-36,62H,1-8H3;/q-1;/i1D3,2D3,21D,22D,23D,24D;. The molecule has 7 aromatic carbocycles. The van der Waals surface area contributed by atoms with Crippen LogP contribution in [0.4, 0.5) is 0 Å². The molecular weight excluding hydrogens is 950 g/mol. The van der Waals surface area contributed by atoms with Gasteiger partial charge in [-0.15, -0.1) is 29.3 Å². The Labute approximate surface area is 400 Å². The number of pyridine rings is 1. The zero-order valence-electron chi connectivity index (χ0n) is 45.9. The molecule has 9 rings (SSSR count). The van der Waals surface area contributed by atoms with Gasteiger partial charge >= 0.3 is 0 Å². The van der Waals surface area contributed by atoms with E-state index in [1.165, 1.54) is 6.20 Å². The Morgan fingerprint density at radius 3 is 1.97 bits per heavy atom. The van der Waals surface area contributed by atoms with Gasteiger partial charge in [-0.2, -0.15) is 0 Å². The van der Waals surface area contributed by atoms with Gasteiger partial charge in [0, 0.05) is 46.7 Å². The Morgan fingerprint density at radius 1 is 0.587 bits per heavy atom. The number of hydrogen-bond donors (Lipinski definition) is 1. The van der Waals surface area contributed by atoms with Crippen molar-refractivity contribution in [3.05, 3.63) is 192 Å². The first-order valence-corrected chi connectivity index (χ1v) is 20.6. The van der Waals surface area contributed by atoms with E-state index >= 15 is 0 Å². The second-order valence-electron chi connectivity index (χ2n) is 17.7. The monoisotopic (exact) mass is 1010 g/mol. The van der Waals surface area contributed by atoms with Crippen molar-refractivity contribution in [3.63, 3.8) is 0 Å². The third-order valence-corrected chi connectivity index (χ3v) is 11.3. The average Bonchev–Trinajstić information content (AvgIpc) is 3.72. The summed E-state index contributed by atoms with van der Waals surface area (Å²) in [4.78, 5) is 10.1. The average molecular weight is 1010 g/mol. The van der Waals surface area contributed by atoms with Crippen LogP contribution in [0, 0.1) is 19.8 Å². The van der Waals surface area contributed by atoms with Crippen LogP contribution in [0.5, 0.6) is 5.75 Å². The Balaban J connectivity index is 0.00000711. The normalized spacial score (nSPS) is 14.4. The Morgan fingerprint density at radius 2 is 1.27 bits per heavy atom. The molecule has 316 valence electrons. The van der Waals surface area contributed by atoms with Gasteiger partial charge in [0.25, 0.3) is 0 Å². The van der Waals surface area contributed by atoms with E-state index in [1.807, 2.05) is 102 Å². The second kappa shape index (κ2) is 17.1. The third-order valence-electron chi connectivity index (χ3n) is 11.3. The fourth-order valence-electron chi connectivity index (χ4n) is 7.89. The number of phenols is 1. The molecule has 5 heteroatoms. The number of aromatic nitrogens is 3. The summed E-state index contributed by atoms with van der Waals surface area (Å²) < 4.78 is 87.3. The molecule has 0 unspecified atom stereocenters. The van der Waals surface area contributed by atoms with E-state index in [9.17, 15) is 5.11 Å². The number of hydrogen-bond acceptors (Lipinski definition) is 3. The number of rotatable bonds is 7. The zero-order valence-corrected chi connectivity index (χ0v) is 38.2. The van der Waals surface area contributed by atoms with Gasteiger partial charge in [-0.05, 0) is 99.9 Å². The fourth-order valence-corrected chi connectivity index (χ4v) is 7.89. The SMILES string of the molecule is [2H]c1c([2H])c(C([2H])([2H])[2H])c([2H])c([2H])c1-c1ccnc(-c2[c-]c(-c3cccc4c3nc(-c3ccccc3O)n4-c3cc(C([2H])([2H])[2H])c(-c4ccc(C(C)(C)C)cc4)cc3-c3ccccc3)cc(C(C)(C)C)c2)c1.[Pt]. The minimum atomic E-state index is -2.85. The van der Waals surface area contributed by atoms with Crippen LogP contribution >= 0.6 is 0 Å². The number of aryl methyl sites for hydroxylation is 1. The van der Waals surface area contributed by atoms with E-state index in [4.69, 9.17) is 23.7 Å². The smallest absolute Gasteiger partial charge is 0.148 e. The quantitative estimate of drug-likeness (QED) is 0.162. The van der Waals surface area contributed by atoms with Crippen molar-refractivity contribution >= 4 is 11.0 Å². The molecule has 0 radical (unpaired) electrons. The Hall–Kier alpha value is -6.35. The van der Waals surface area contributed by atoms with Crippen molar-refractivity contribution < 1.29 is 39.9 Å². The topological polar surface area (TPSA) is 50.9 Å². The molecule has 0 saturated carbocycles. The number of para-hydroxylation sites is 2. The van der Waals surface area contributed by atoms with Crippen molar-refractivity contribution in [2.24, 2.45) is 0 Å². The second-order valence-corrected chi connectivity index (χ2v) is 17.7. The third kappa shape index (κ3) is 8.58. The Kier molecular flexibility index (Phi) is 8.77. The number of phenolic OH excluding ortho intramolecular Hbond substituents is 1. The molecule has 0 fully saturated rings. The molecule has 1 N–H and O–H groups in total. The molecule has 0 amide bonds. The van der Waals surface area contributed by atoms with Crippen LogP contribution in [0.3, 0.4) is 0 Å². The first kappa shape index (κ1) is 32.3. The van der Waals surface area contributed by atoms with Crippen LogP contribution in [-0.2, 0) is 31.9 Å². The van der Waals surface area contributed by atoms with Gasteiger partial charge in [0.2, 0.25) is 0 Å². The summed E-state index contributed by atoms with van der Waals surface area (Å²) in [7, 11) is 0. The fraction of sp³-hybridized carbons (Fsp3) is 0.172. The first-order chi connectivity index (χ1) is 33.8. The van der Waals surface area contributed by atoms with Crippen molar-refractivity contribution in [2.75, 3.05) is 0 Å². The van der Waals surface area contributed by atoms with Crippen molar-refractivity contribution in [2.45, 2.75) is 66.1 Å². The number of fused-ring (bicyclic) bond motifs is 1. The summed E-state index contributed by atoms with van der Waals surface area (Å²) in [5, 5.41) is 11.6. The summed E-state index contributed by atoms with van der Waals surface area (Å²) in [6, 6.07) is 42.8. The van der Waals surface area contributed by atoms with Crippen LogP contribution < -0.4 is 0 Å². The summed E-state index contributed by atoms with van der Waals surface area (Å²) in [6.45, 7) is 7.27. The minimum Gasteiger partial charge on any atom is -0.507 e. The van der Waals surface area contributed by atoms with Crippen LogP contribution in [-0.4, -0.2) is 19.6 Å². The molecular formula is C58H52N3OPt-. The van der Waals surface area contributed by atoms with Crippen LogP contribution in [0.1, 0.15) is 77.5 Å². The molecule has 0 spiro atoms. The molecule has 2 heterocycles. The molecule has 0 aliphatic heterocycles. The van der Waals surface area contributed by atoms with E-state index in [1.54, 1.807) is 36.4 Å². The maximum Gasteiger partial charge on any atom is 0.148 e. The maximum absolute atomic E-state index is 11.6. The van der Waals surface area contributed by atoms with Crippen molar-refractivity contribution in [1.82, 2.24) is 14.5 Å². The van der Waals surface area contributed by atoms with Gasteiger partial charge in [0.1, 0.15) is 11.6 Å². The van der Waals surface area contributed by atoms with Gasteiger partial charge in [-0.3, -0.25) is 9.55 Å². The molecule has 9 aromatic rings.